The van der Waals surface area contributed by atoms with Gasteiger partial charge in [-0.3, -0.25) is 0 Å². The van der Waals surface area contributed by atoms with Crippen LogP contribution in [0.2, 0.25) is 0 Å². The van der Waals surface area contributed by atoms with Gasteiger partial charge in [0.05, 0.1) is 19.6 Å². The van der Waals surface area contributed by atoms with Gasteiger partial charge in [-0.25, -0.2) is 13.1 Å². The molecule has 1 heterocycles. The number of rotatable bonds is 5. The van der Waals surface area contributed by atoms with Gasteiger partial charge in [0.2, 0.25) is 10.0 Å². The maximum atomic E-state index is 12.2. The molecule has 0 saturated carbocycles. The molecule has 0 fully saturated rings. The van der Waals surface area contributed by atoms with Gasteiger partial charge in [0.15, 0.2) is 0 Å². The fraction of sp³-hybridized carbons (Fsp3) is 0.167. The highest BCUT2D eigenvalue weighted by Crippen LogP contribution is 2.27. The van der Waals surface area contributed by atoms with Crippen LogP contribution in [0.25, 0.3) is 0 Å². The summed E-state index contributed by atoms with van der Waals surface area (Å²) in [6, 6.07) is 6.50. The van der Waals surface area contributed by atoms with Crippen molar-refractivity contribution in [1.82, 2.24) is 4.72 Å². The Hall–Kier alpha value is -1.31. The van der Waals surface area contributed by atoms with Gasteiger partial charge in [-0.05, 0) is 24.3 Å². The van der Waals surface area contributed by atoms with E-state index in [2.05, 4.69) is 20.7 Å². The van der Waals surface area contributed by atoms with Crippen LogP contribution < -0.4 is 9.46 Å². The van der Waals surface area contributed by atoms with Crippen molar-refractivity contribution in [2.75, 3.05) is 7.11 Å². The Balaban J connectivity index is 2.26. The molecule has 19 heavy (non-hydrogen) atoms. The summed E-state index contributed by atoms with van der Waals surface area (Å²) in [4.78, 5) is 0.0906. The summed E-state index contributed by atoms with van der Waals surface area (Å²) in [5, 5.41) is 0. The fourth-order valence-electron chi connectivity index (χ4n) is 1.51. The van der Waals surface area contributed by atoms with E-state index in [-0.39, 0.29) is 11.4 Å². The van der Waals surface area contributed by atoms with Crippen molar-refractivity contribution in [3.05, 3.63) is 46.8 Å². The summed E-state index contributed by atoms with van der Waals surface area (Å²) >= 11 is 3.25. The number of benzene rings is 1. The maximum absolute atomic E-state index is 12.2. The summed E-state index contributed by atoms with van der Waals surface area (Å²) in [5.74, 6) is 0.294. The molecule has 1 aromatic carbocycles. The first kappa shape index (κ1) is 14.1. The second-order valence-electron chi connectivity index (χ2n) is 3.75. The molecule has 102 valence electrons. The molecule has 0 amide bonds. The number of methoxy groups -OCH3 is 1. The monoisotopic (exact) mass is 345 g/mol. The van der Waals surface area contributed by atoms with Crippen LogP contribution in [0.1, 0.15) is 5.56 Å². The second-order valence-corrected chi connectivity index (χ2v) is 6.40. The summed E-state index contributed by atoms with van der Waals surface area (Å²) < 4.78 is 37.5. The summed E-state index contributed by atoms with van der Waals surface area (Å²) in [6.07, 6.45) is 2.98. The molecule has 0 bridgehead atoms. The molecule has 1 N–H and O–H groups in total. The van der Waals surface area contributed by atoms with Crippen LogP contribution in [0.15, 0.2) is 50.6 Å². The molecule has 0 unspecified atom stereocenters. The lowest BCUT2D eigenvalue weighted by Gasteiger charge is -2.10. The quantitative estimate of drug-likeness (QED) is 0.903. The van der Waals surface area contributed by atoms with E-state index in [4.69, 9.17) is 9.15 Å². The van der Waals surface area contributed by atoms with Crippen LogP contribution in [-0.2, 0) is 16.6 Å². The molecule has 1 aromatic heterocycles. The number of ether oxygens (including phenoxy) is 1. The Morgan fingerprint density at radius 1 is 1.37 bits per heavy atom. The molecule has 2 aromatic rings. The number of halogens is 1. The topological polar surface area (TPSA) is 68.5 Å². The van der Waals surface area contributed by atoms with Crippen molar-refractivity contribution in [1.29, 1.82) is 0 Å². The molecule has 0 aliphatic carbocycles. The van der Waals surface area contributed by atoms with Crippen molar-refractivity contribution >= 4 is 26.0 Å². The van der Waals surface area contributed by atoms with Gasteiger partial charge in [0.25, 0.3) is 0 Å². The fourth-order valence-corrected chi connectivity index (χ4v) is 3.23. The van der Waals surface area contributed by atoms with Crippen LogP contribution in [0.4, 0.5) is 0 Å². The van der Waals surface area contributed by atoms with Crippen LogP contribution in [-0.4, -0.2) is 15.5 Å². The van der Waals surface area contributed by atoms with Gasteiger partial charge in [-0.1, -0.05) is 15.9 Å². The highest BCUT2D eigenvalue weighted by atomic mass is 79.9. The largest absolute Gasteiger partial charge is 0.495 e. The SMILES string of the molecule is COc1ccc(Br)cc1S(=O)(=O)NCc1ccoc1. The third-order valence-corrected chi connectivity index (χ3v) is 4.38. The lowest BCUT2D eigenvalue weighted by atomic mass is 10.3. The normalized spacial score (nSPS) is 11.5. The van der Waals surface area contributed by atoms with Crippen molar-refractivity contribution in [3.63, 3.8) is 0 Å². The van der Waals surface area contributed by atoms with Crippen LogP contribution in [0, 0.1) is 0 Å². The van der Waals surface area contributed by atoms with Crippen molar-refractivity contribution in [2.24, 2.45) is 0 Å². The van der Waals surface area contributed by atoms with E-state index < -0.39 is 10.0 Å². The standard InChI is InChI=1S/C12H12BrNO4S/c1-17-11-3-2-10(13)6-12(11)19(15,16)14-7-9-4-5-18-8-9/h2-6,8,14H,7H2,1H3. The Bertz CT molecular complexity index is 652. The van der Waals surface area contributed by atoms with Gasteiger partial charge >= 0.3 is 0 Å². The predicted molar refractivity (Wildman–Crippen MR) is 73.4 cm³/mol. The van der Waals surface area contributed by atoms with Crippen molar-refractivity contribution in [2.45, 2.75) is 11.4 Å². The van der Waals surface area contributed by atoms with E-state index in [1.54, 1.807) is 18.2 Å². The molecule has 0 aliphatic rings. The number of hydrogen-bond donors (Lipinski definition) is 1. The molecule has 2 rings (SSSR count). The number of nitrogens with one attached hydrogen (secondary N) is 1. The Kier molecular flexibility index (Phi) is 4.28. The Labute approximate surface area is 119 Å². The molecule has 0 spiro atoms. The van der Waals surface area contributed by atoms with Crippen LogP contribution in [0.5, 0.6) is 5.75 Å². The predicted octanol–water partition coefficient (Wildman–Crippen LogP) is 2.53. The lowest BCUT2D eigenvalue weighted by molar-refractivity contribution is 0.402. The molecular formula is C12H12BrNO4S. The minimum absolute atomic E-state index is 0.0906. The van der Waals surface area contributed by atoms with Crippen molar-refractivity contribution < 1.29 is 17.6 Å². The molecule has 0 saturated heterocycles. The van der Waals surface area contributed by atoms with Crippen molar-refractivity contribution in [3.8, 4) is 5.75 Å². The average molecular weight is 346 g/mol. The molecular weight excluding hydrogens is 334 g/mol. The Morgan fingerprint density at radius 3 is 2.79 bits per heavy atom. The van der Waals surface area contributed by atoms with E-state index in [1.165, 1.54) is 25.7 Å². The van der Waals surface area contributed by atoms with E-state index >= 15 is 0 Å². The van der Waals surface area contributed by atoms with E-state index in [0.717, 1.165) is 5.56 Å². The number of furan rings is 1. The zero-order chi connectivity index (χ0) is 13.9. The van der Waals surface area contributed by atoms with Gasteiger partial charge in [-0.2, -0.15) is 0 Å². The smallest absolute Gasteiger partial charge is 0.244 e. The van der Waals surface area contributed by atoms with Gasteiger partial charge in [-0.15, -0.1) is 0 Å². The first-order valence-electron chi connectivity index (χ1n) is 5.37. The molecule has 0 radical (unpaired) electrons. The first-order valence-corrected chi connectivity index (χ1v) is 7.65. The molecule has 0 aliphatic heterocycles. The summed E-state index contributed by atoms with van der Waals surface area (Å²) in [7, 11) is -2.22. The van der Waals surface area contributed by atoms with Gasteiger partial charge in [0, 0.05) is 16.6 Å². The zero-order valence-corrected chi connectivity index (χ0v) is 12.5. The third-order valence-electron chi connectivity index (χ3n) is 2.46. The first-order chi connectivity index (χ1) is 9.03. The lowest BCUT2D eigenvalue weighted by Crippen LogP contribution is -2.23. The van der Waals surface area contributed by atoms with E-state index in [1.807, 2.05) is 0 Å². The minimum Gasteiger partial charge on any atom is -0.495 e. The van der Waals surface area contributed by atoms with Crippen LogP contribution in [0.3, 0.4) is 0 Å². The third kappa shape index (κ3) is 3.37. The highest BCUT2D eigenvalue weighted by Gasteiger charge is 2.19. The maximum Gasteiger partial charge on any atom is 0.244 e. The minimum atomic E-state index is -3.65. The van der Waals surface area contributed by atoms with Gasteiger partial charge < -0.3 is 9.15 Å². The summed E-state index contributed by atoms with van der Waals surface area (Å²) in [6.45, 7) is 0.161. The van der Waals surface area contributed by atoms with E-state index in [0.29, 0.717) is 10.2 Å². The highest BCUT2D eigenvalue weighted by molar-refractivity contribution is 9.10. The zero-order valence-electron chi connectivity index (χ0n) is 10.1. The van der Waals surface area contributed by atoms with E-state index in [9.17, 15) is 8.42 Å². The average Bonchev–Trinajstić information content (AvgIpc) is 2.89. The molecule has 0 atom stereocenters. The molecule has 7 heteroatoms. The number of hydrogen-bond acceptors (Lipinski definition) is 4. The Morgan fingerprint density at radius 2 is 2.16 bits per heavy atom. The van der Waals surface area contributed by atoms with Crippen LogP contribution >= 0.6 is 15.9 Å². The second kappa shape index (κ2) is 5.77. The number of sulfonamides is 1. The summed E-state index contributed by atoms with van der Waals surface area (Å²) in [5.41, 5.74) is 0.748. The van der Waals surface area contributed by atoms with Gasteiger partial charge in [0.1, 0.15) is 10.6 Å². The molecule has 5 nitrogen and oxygen atoms in total.